The SMILES string of the molecule is O=C(c1ncccc1O)N1CCC[C@@H]1C[C@H](O)c1ccc(F)cc1. The first-order chi connectivity index (χ1) is 11.6. The summed E-state index contributed by atoms with van der Waals surface area (Å²) in [4.78, 5) is 18.2. The molecule has 0 aliphatic carbocycles. The van der Waals surface area contributed by atoms with E-state index in [1.807, 2.05) is 0 Å². The van der Waals surface area contributed by atoms with Gasteiger partial charge in [-0.05, 0) is 49.1 Å². The molecule has 126 valence electrons. The zero-order valence-corrected chi connectivity index (χ0v) is 13.1. The minimum absolute atomic E-state index is 0.0284. The van der Waals surface area contributed by atoms with E-state index in [9.17, 15) is 19.4 Å². The van der Waals surface area contributed by atoms with Gasteiger partial charge in [0.1, 0.15) is 11.6 Å². The number of hydrogen-bond acceptors (Lipinski definition) is 4. The Morgan fingerprint density at radius 1 is 1.33 bits per heavy atom. The Morgan fingerprint density at radius 2 is 2.08 bits per heavy atom. The number of amides is 1. The largest absolute Gasteiger partial charge is 0.505 e. The third-order valence-corrected chi connectivity index (χ3v) is 4.38. The number of aliphatic hydroxyl groups excluding tert-OH is 1. The molecule has 1 aromatic heterocycles. The third kappa shape index (κ3) is 3.38. The molecule has 1 aliphatic rings. The maximum atomic E-state index is 13.0. The molecule has 1 aromatic carbocycles. The van der Waals surface area contributed by atoms with E-state index in [1.54, 1.807) is 23.1 Å². The molecule has 2 heterocycles. The average molecular weight is 330 g/mol. The van der Waals surface area contributed by atoms with Crippen LogP contribution in [0.4, 0.5) is 4.39 Å². The third-order valence-electron chi connectivity index (χ3n) is 4.38. The van der Waals surface area contributed by atoms with Crippen molar-refractivity contribution in [2.24, 2.45) is 0 Å². The molecule has 1 fully saturated rings. The van der Waals surface area contributed by atoms with Crippen molar-refractivity contribution in [1.29, 1.82) is 0 Å². The Hall–Kier alpha value is -2.47. The second kappa shape index (κ2) is 6.97. The molecular formula is C18H19FN2O3. The quantitative estimate of drug-likeness (QED) is 0.904. The highest BCUT2D eigenvalue weighted by Crippen LogP contribution is 2.29. The van der Waals surface area contributed by atoms with Gasteiger partial charge in [-0.15, -0.1) is 0 Å². The molecule has 2 N–H and O–H groups in total. The molecule has 0 spiro atoms. The van der Waals surface area contributed by atoms with Crippen molar-refractivity contribution < 1.29 is 19.4 Å². The number of aromatic hydroxyl groups is 1. The number of benzene rings is 1. The van der Waals surface area contributed by atoms with Crippen molar-refractivity contribution in [1.82, 2.24) is 9.88 Å². The summed E-state index contributed by atoms with van der Waals surface area (Å²) in [5, 5.41) is 20.2. The number of carbonyl (C=O) groups excluding carboxylic acids is 1. The van der Waals surface area contributed by atoms with E-state index in [-0.39, 0.29) is 29.2 Å². The molecule has 6 heteroatoms. The number of nitrogens with zero attached hydrogens (tertiary/aromatic N) is 2. The van der Waals surface area contributed by atoms with E-state index < -0.39 is 6.10 Å². The first-order valence-electron chi connectivity index (χ1n) is 7.94. The lowest BCUT2D eigenvalue weighted by Crippen LogP contribution is -2.37. The first kappa shape index (κ1) is 16.4. The number of pyridine rings is 1. The number of likely N-dealkylation sites (tertiary alicyclic amines) is 1. The number of aliphatic hydroxyl groups is 1. The standard InChI is InChI=1S/C18H19FN2O3/c19-13-7-5-12(6-8-13)16(23)11-14-3-2-10-21(14)18(24)17-15(22)4-1-9-20-17/h1,4-9,14,16,22-23H,2-3,10-11H2/t14-,16+/m1/s1. The second-order valence-electron chi connectivity index (χ2n) is 5.97. The van der Waals surface area contributed by atoms with Crippen LogP contribution in [0.25, 0.3) is 0 Å². The summed E-state index contributed by atoms with van der Waals surface area (Å²) in [5.41, 5.74) is 0.650. The summed E-state index contributed by atoms with van der Waals surface area (Å²) < 4.78 is 13.0. The van der Waals surface area contributed by atoms with E-state index in [2.05, 4.69) is 4.98 Å². The second-order valence-corrected chi connectivity index (χ2v) is 5.97. The van der Waals surface area contributed by atoms with E-state index in [0.717, 1.165) is 12.8 Å². The van der Waals surface area contributed by atoms with Crippen LogP contribution in [0.3, 0.4) is 0 Å². The Labute approximate surface area is 139 Å². The van der Waals surface area contributed by atoms with Gasteiger partial charge >= 0.3 is 0 Å². The van der Waals surface area contributed by atoms with Gasteiger partial charge in [-0.3, -0.25) is 4.79 Å². The molecule has 5 nitrogen and oxygen atoms in total. The van der Waals surface area contributed by atoms with Crippen molar-refractivity contribution in [3.05, 3.63) is 59.7 Å². The normalized spacial score (nSPS) is 18.6. The Bertz CT molecular complexity index is 720. The van der Waals surface area contributed by atoms with Crippen molar-refractivity contribution in [2.45, 2.75) is 31.4 Å². The fourth-order valence-corrected chi connectivity index (χ4v) is 3.12. The topological polar surface area (TPSA) is 73.7 Å². The molecular weight excluding hydrogens is 311 g/mol. The zero-order chi connectivity index (χ0) is 17.1. The van der Waals surface area contributed by atoms with Gasteiger partial charge < -0.3 is 15.1 Å². The summed E-state index contributed by atoms with van der Waals surface area (Å²) in [7, 11) is 0. The minimum atomic E-state index is -0.777. The van der Waals surface area contributed by atoms with Crippen LogP contribution in [0.1, 0.15) is 41.4 Å². The number of carbonyl (C=O) groups is 1. The van der Waals surface area contributed by atoms with Gasteiger partial charge in [0.2, 0.25) is 0 Å². The van der Waals surface area contributed by atoms with Crippen LogP contribution in [0.5, 0.6) is 5.75 Å². The van der Waals surface area contributed by atoms with Crippen molar-refractivity contribution in [3.63, 3.8) is 0 Å². The highest BCUT2D eigenvalue weighted by molar-refractivity contribution is 5.95. The maximum absolute atomic E-state index is 13.0. The molecule has 1 amide bonds. The van der Waals surface area contributed by atoms with Crippen LogP contribution in [0, 0.1) is 5.82 Å². The lowest BCUT2D eigenvalue weighted by molar-refractivity contribution is 0.0658. The van der Waals surface area contributed by atoms with Crippen LogP contribution in [0.2, 0.25) is 0 Å². The van der Waals surface area contributed by atoms with Gasteiger partial charge in [0.05, 0.1) is 6.10 Å². The molecule has 0 unspecified atom stereocenters. The molecule has 2 atom stereocenters. The van der Waals surface area contributed by atoms with Gasteiger partial charge in [-0.2, -0.15) is 0 Å². The summed E-state index contributed by atoms with van der Waals surface area (Å²) in [6.45, 7) is 0.565. The van der Waals surface area contributed by atoms with Crippen LogP contribution < -0.4 is 0 Å². The lowest BCUT2D eigenvalue weighted by Gasteiger charge is -2.26. The molecule has 24 heavy (non-hydrogen) atoms. The minimum Gasteiger partial charge on any atom is -0.505 e. The molecule has 0 radical (unpaired) electrons. The van der Waals surface area contributed by atoms with Gasteiger partial charge in [-0.1, -0.05) is 12.1 Å². The Balaban J connectivity index is 1.72. The number of aromatic nitrogens is 1. The summed E-state index contributed by atoms with van der Waals surface area (Å²) in [5.74, 6) is -0.830. The predicted molar refractivity (Wildman–Crippen MR) is 85.9 cm³/mol. The molecule has 1 aliphatic heterocycles. The van der Waals surface area contributed by atoms with Crippen LogP contribution in [0.15, 0.2) is 42.6 Å². The zero-order valence-electron chi connectivity index (χ0n) is 13.1. The van der Waals surface area contributed by atoms with Gasteiger partial charge in [0, 0.05) is 18.8 Å². The summed E-state index contributed by atoms with van der Waals surface area (Å²) in [6, 6.07) is 8.56. The number of hydrogen-bond donors (Lipinski definition) is 2. The highest BCUT2D eigenvalue weighted by Gasteiger charge is 2.32. The van der Waals surface area contributed by atoms with Gasteiger partial charge in [-0.25, -0.2) is 9.37 Å². The summed E-state index contributed by atoms with van der Waals surface area (Å²) in [6.07, 6.45) is 2.66. The van der Waals surface area contributed by atoms with Crippen LogP contribution in [-0.2, 0) is 0 Å². The van der Waals surface area contributed by atoms with Crippen molar-refractivity contribution in [3.8, 4) is 5.75 Å². The van der Waals surface area contributed by atoms with Gasteiger partial charge in [0.25, 0.3) is 5.91 Å². The molecule has 3 rings (SSSR count). The van der Waals surface area contributed by atoms with E-state index in [1.165, 1.54) is 24.4 Å². The highest BCUT2D eigenvalue weighted by atomic mass is 19.1. The average Bonchev–Trinajstić information content (AvgIpc) is 3.03. The fourth-order valence-electron chi connectivity index (χ4n) is 3.12. The maximum Gasteiger partial charge on any atom is 0.276 e. The Morgan fingerprint density at radius 3 is 2.79 bits per heavy atom. The van der Waals surface area contributed by atoms with Crippen LogP contribution in [-0.4, -0.2) is 38.6 Å². The Kier molecular flexibility index (Phi) is 4.76. The number of rotatable bonds is 4. The summed E-state index contributed by atoms with van der Waals surface area (Å²) >= 11 is 0. The van der Waals surface area contributed by atoms with Crippen molar-refractivity contribution in [2.75, 3.05) is 6.54 Å². The molecule has 0 bridgehead atoms. The predicted octanol–water partition coefficient (Wildman–Crippen LogP) is 2.65. The first-order valence-corrected chi connectivity index (χ1v) is 7.94. The van der Waals surface area contributed by atoms with Gasteiger partial charge in [0.15, 0.2) is 5.69 Å². The smallest absolute Gasteiger partial charge is 0.276 e. The molecule has 1 saturated heterocycles. The number of halogens is 1. The van der Waals surface area contributed by atoms with E-state index in [0.29, 0.717) is 18.5 Å². The van der Waals surface area contributed by atoms with E-state index in [4.69, 9.17) is 0 Å². The van der Waals surface area contributed by atoms with Crippen LogP contribution >= 0.6 is 0 Å². The monoisotopic (exact) mass is 330 g/mol. The molecule has 2 aromatic rings. The fraction of sp³-hybridized carbons (Fsp3) is 0.333. The lowest BCUT2D eigenvalue weighted by atomic mass is 10.0. The molecule has 0 saturated carbocycles. The van der Waals surface area contributed by atoms with E-state index >= 15 is 0 Å². The van der Waals surface area contributed by atoms with Crippen molar-refractivity contribution >= 4 is 5.91 Å².